The van der Waals surface area contributed by atoms with Crippen LogP contribution in [0.1, 0.15) is 27.2 Å². The number of allylic oxidation sites excluding steroid dienone is 3. The van der Waals surface area contributed by atoms with Gasteiger partial charge in [0.05, 0.1) is 4.91 Å². The Morgan fingerprint density at radius 2 is 2.00 bits per heavy atom. The second-order valence-electron chi connectivity index (χ2n) is 2.42. The van der Waals surface area contributed by atoms with E-state index in [-0.39, 0.29) is 4.91 Å². The molecule has 70 valence electrons. The van der Waals surface area contributed by atoms with E-state index < -0.39 is 10.1 Å². The van der Waals surface area contributed by atoms with Crippen molar-refractivity contribution in [3.8, 4) is 0 Å². The van der Waals surface area contributed by atoms with Crippen LogP contribution >= 0.6 is 0 Å². The molecule has 4 heteroatoms. The number of hydrogen-bond donors (Lipinski definition) is 1. The Balaban J connectivity index is 4.99. The van der Waals surface area contributed by atoms with Crippen LogP contribution in [0.5, 0.6) is 0 Å². The molecule has 0 unspecified atom stereocenters. The lowest BCUT2D eigenvalue weighted by atomic mass is 10.2. The van der Waals surface area contributed by atoms with E-state index in [1.807, 2.05) is 6.92 Å². The Labute approximate surface area is 73.5 Å². The fourth-order valence-electron chi connectivity index (χ4n) is 0.987. The first-order valence-corrected chi connectivity index (χ1v) is 5.18. The Bertz CT molecular complexity index is 296. The predicted octanol–water partition coefficient (Wildman–Crippen LogP) is 2.13. The van der Waals surface area contributed by atoms with Gasteiger partial charge in [-0.3, -0.25) is 4.55 Å². The fraction of sp³-hybridized carbons (Fsp3) is 0.500. The maximum absolute atomic E-state index is 10.7. The average molecular weight is 190 g/mol. The molecule has 0 heterocycles. The second kappa shape index (κ2) is 4.42. The summed E-state index contributed by atoms with van der Waals surface area (Å²) in [6.45, 7) is 5.14. The van der Waals surface area contributed by atoms with Crippen LogP contribution in [0, 0.1) is 0 Å². The van der Waals surface area contributed by atoms with Gasteiger partial charge in [-0.25, -0.2) is 0 Å². The Kier molecular flexibility index (Phi) is 4.20. The third-order valence-corrected chi connectivity index (χ3v) is 2.55. The minimum Gasteiger partial charge on any atom is -0.282 e. The van der Waals surface area contributed by atoms with E-state index in [4.69, 9.17) is 4.55 Å². The molecule has 12 heavy (non-hydrogen) atoms. The van der Waals surface area contributed by atoms with Crippen molar-refractivity contribution in [2.24, 2.45) is 0 Å². The quantitative estimate of drug-likeness (QED) is 0.548. The molecule has 0 atom stereocenters. The van der Waals surface area contributed by atoms with Gasteiger partial charge < -0.3 is 0 Å². The van der Waals surface area contributed by atoms with Crippen LogP contribution in [0.15, 0.2) is 22.6 Å². The van der Waals surface area contributed by atoms with Crippen molar-refractivity contribution >= 4 is 10.1 Å². The van der Waals surface area contributed by atoms with E-state index in [1.54, 1.807) is 19.9 Å². The lowest BCUT2D eigenvalue weighted by Gasteiger charge is -2.02. The van der Waals surface area contributed by atoms with Crippen molar-refractivity contribution in [1.82, 2.24) is 0 Å². The first kappa shape index (κ1) is 11.4. The molecule has 0 amide bonds. The third kappa shape index (κ3) is 3.19. The summed E-state index contributed by atoms with van der Waals surface area (Å²) >= 11 is 0. The highest BCUT2D eigenvalue weighted by molar-refractivity contribution is 7.90. The Morgan fingerprint density at radius 3 is 2.25 bits per heavy atom. The zero-order valence-electron chi connectivity index (χ0n) is 7.53. The van der Waals surface area contributed by atoms with Crippen LogP contribution in [0.3, 0.4) is 0 Å². The maximum atomic E-state index is 10.7. The SMILES string of the molecule is C/C=C(\C(C)=C/CC)S(=O)(=O)O. The normalized spacial score (nSPS) is 15.0. The molecule has 0 radical (unpaired) electrons. The van der Waals surface area contributed by atoms with Crippen LogP contribution in [0.2, 0.25) is 0 Å². The number of rotatable bonds is 3. The predicted molar refractivity (Wildman–Crippen MR) is 49.4 cm³/mol. The zero-order valence-corrected chi connectivity index (χ0v) is 8.35. The molecule has 0 saturated heterocycles. The van der Waals surface area contributed by atoms with Crippen LogP contribution in [0.4, 0.5) is 0 Å². The van der Waals surface area contributed by atoms with Crippen LogP contribution in [-0.4, -0.2) is 13.0 Å². The Morgan fingerprint density at radius 1 is 1.50 bits per heavy atom. The minimum absolute atomic E-state index is 0.00986. The van der Waals surface area contributed by atoms with Gasteiger partial charge in [0.25, 0.3) is 10.1 Å². The molecule has 0 aliphatic rings. The molecular formula is C8H14O3S. The molecule has 0 aromatic heterocycles. The highest BCUT2D eigenvalue weighted by Crippen LogP contribution is 2.15. The van der Waals surface area contributed by atoms with Crippen LogP contribution in [-0.2, 0) is 10.1 Å². The Hall–Kier alpha value is -0.610. The van der Waals surface area contributed by atoms with Crippen molar-refractivity contribution < 1.29 is 13.0 Å². The number of hydrogen-bond acceptors (Lipinski definition) is 2. The molecule has 0 bridgehead atoms. The average Bonchev–Trinajstić information content (AvgIpc) is 1.85. The van der Waals surface area contributed by atoms with Crippen molar-refractivity contribution in [3.05, 3.63) is 22.6 Å². The van der Waals surface area contributed by atoms with Crippen molar-refractivity contribution in [2.75, 3.05) is 0 Å². The smallest absolute Gasteiger partial charge is 0.282 e. The molecule has 3 nitrogen and oxygen atoms in total. The van der Waals surface area contributed by atoms with Gasteiger partial charge in [0, 0.05) is 0 Å². The van der Waals surface area contributed by atoms with E-state index >= 15 is 0 Å². The molecule has 0 rings (SSSR count). The molecule has 0 aromatic carbocycles. The molecule has 0 fully saturated rings. The first-order valence-electron chi connectivity index (χ1n) is 3.74. The summed E-state index contributed by atoms with van der Waals surface area (Å²) in [5, 5.41) is 0. The standard InChI is InChI=1S/C8H14O3S/c1-4-6-7(3)8(5-2)12(9,10)11/h5-6H,4H2,1-3H3,(H,9,10,11)/b7-6-,8-5+. The van der Waals surface area contributed by atoms with Gasteiger partial charge >= 0.3 is 0 Å². The maximum Gasteiger partial charge on any atom is 0.294 e. The minimum atomic E-state index is -4.04. The van der Waals surface area contributed by atoms with E-state index in [1.165, 1.54) is 6.08 Å². The molecule has 0 aliphatic carbocycles. The molecule has 0 aliphatic heterocycles. The topological polar surface area (TPSA) is 54.4 Å². The molecule has 0 saturated carbocycles. The summed E-state index contributed by atoms with van der Waals surface area (Å²) in [4.78, 5) is -0.00986. The van der Waals surface area contributed by atoms with Crippen LogP contribution < -0.4 is 0 Å². The highest BCUT2D eigenvalue weighted by atomic mass is 32.2. The summed E-state index contributed by atoms with van der Waals surface area (Å²) in [6.07, 6.45) is 3.89. The highest BCUT2D eigenvalue weighted by Gasteiger charge is 2.13. The molecule has 0 spiro atoms. The van der Waals surface area contributed by atoms with Gasteiger partial charge in [-0.15, -0.1) is 0 Å². The lowest BCUT2D eigenvalue weighted by molar-refractivity contribution is 0.491. The molecule has 1 N–H and O–H groups in total. The summed E-state index contributed by atoms with van der Waals surface area (Å²) in [6, 6.07) is 0. The van der Waals surface area contributed by atoms with Gasteiger partial charge in [-0.1, -0.05) is 19.1 Å². The lowest BCUT2D eigenvalue weighted by Crippen LogP contribution is -2.02. The summed E-state index contributed by atoms with van der Waals surface area (Å²) < 4.78 is 30.2. The van der Waals surface area contributed by atoms with Gasteiger partial charge in [-0.2, -0.15) is 8.42 Å². The summed E-state index contributed by atoms with van der Waals surface area (Å²) in [7, 11) is -4.04. The molecule has 0 aromatic rings. The first-order chi connectivity index (χ1) is 5.43. The van der Waals surface area contributed by atoms with E-state index in [0.717, 1.165) is 6.42 Å². The second-order valence-corrected chi connectivity index (χ2v) is 3.81. The fourth-order valence-corrected chi connectivity index (χ4v) is 1.77. The van der Waals surface area contributed by atoms with Crippen molar-refractivity contribution in [3.63, 3.8) is 0 Å². The summed E-state index contributed by atoms with van der Waals surface area (Å²) in [5.74, 6) is 0. The summed E-state index contributed by atoms with van der Waals surface area (Å²) in [5.41, 5.74) is 0.586. The van der Waals surface area contributed by atoms with Gasteiger partial charge in [0.15, 0.2) is 0 Å². The van der Waals surface area contributed by atoms with E-state index in [2.05, 4.69) is 0 Å². The largest absolute Gasteiger partial charge is 0.294 e. The van der Waals surface area contributed by atoms with Crippen molar-refractivity contribution in [1.29, 1.82) is 0 Å². The van der Waals surface area contributed by atoms with Gasteiger partial charge in [0.1, 0.15) is 0 Å². The van der Waals surface area contributed by atoms with Gasteiger partial charge in [-0.05, 0) is 25.8 Å². The van der Waals surface area contributed by atoms with Gasteiger partial charge in [0.2, 0.25) is 0 Å². The third-order valence-electron chi connectivity index (χ3n) is 1.44. The molecular weight excluding hydrogens is 176 g/mol. The van der Waals surface area contributed by atoms with E-state index in [9.17, 15) is 8.42 Å². The zero-order chi connectivity index (χ0) is 9.78. The monoisotopic (exact) mass is 190 g/mol. The van der Waals surface area contributed by atoms with E-state index in [0.29, 0.717) is 5.57 Å². The van der Waals surface area contributed by atoms with Crippen molar-refractivity contribution in [2.45, 2.75) is 27.2 Å². The van der Waals surface area contributed by atoms with Crippen LogP contribution in [0.25, 0.3) is 0 Å².